The van der Waals surface area contributed by atoms with E-state index in [0.717, 1.165) is 29.0 Å². The van der Waals surface area contributed by atoms with Crippen molar-refractivity contribution in [2.75, 3.05) is 11.1 Å². The maximum Gasteiger partial charge on any atom is 0.433 e. The fourth-order valence-corrected chi connectivity index (χ4v) is 3.22. The van der Waals surface area contributed by atoms with E-state index >= 15 is 0 Å². The molecule has 4 nitrogen and oxygen atoms in total. The third kappa shape index (κ3) is 5.80. The quantitative estimate of drug-likeness (QED) is 0.439. The lowest BCUT2D eigenvalue weighted by Crippen LogP contribution is -2.15. The van der Waals surface area contributed by atoms with Crippen LogP contribution in [0.2, 0.25) is 0 Å². The number of thioether (sulfide) groups is 1. The molecule has 0 saturated carbocycles. The number of amides is 1. The van der Waals surface area contributed by atoms with E-state index in [9.17, 15) is 18.0 Å². The van der Waals surface area contributed by atoms with E-state index in [4.69, 9.17) is 0 Å². The smallest absolute Gasteiger partial charge is 0.325 e. The van der Waals surface area contributed by atoms with E-state index in [1.807, 2.05) is 26.0 Å². The second kappa shape index (κ2) is 8.65. The normalized spacial score (nSPS) is 11.3. The van der Waals surface area contributed by atoms with Crippen LogP contribution in [0.4, 0.5) is 18.9 Å². The maximum atomic E-state index is 13.3. The standard InChI is InChI=1S/C21H18F3N3OS/c1-13-6-8-15(9-7-13)17-11-18(21(22,23)24)27-20(26-17)29-12-19(28)25-16-5-3-4-14(2)10-16/h3-11H,12H2,1-2H3,(H,25,28). The zero-order valence-corrected chi connectivity index (χ0v) is 16.6. The molecule has 0 atom stereocenters. The van der Waals surface area contributed by atoms with E-state index in [2.05, 4.69) is 15.3 Å². The average Bonchev–Trinajstić information content (AvgIpc) is 2.66. The first kappa shape index (κ1) is 20.9. The van der Waals surface area contributed by atoms with Gasteiger partial charge in [-0.25, -0.2) is 9.97 Å². The first-order chi connectivity index (χ1) is 13.7. The number of aryl methyl sites for hydroxylation is 2. The average molecular weight is 417 g/mol. The molecule has 0 aliphatic rings. The number of aromatic nitrogens is 2. The van der Waals surface area contributed by atoms with Crippen molar-refractivity contribution in [1.82, 2.24) is 9.97 Å². The number of hydrogen-bond donors (Lipinski definition) is 1. The number of carbonyl (C=O) groups is 1. The molecule has 0 fully saturated rings. The van der Waals surface area contributed by atoms with E-state index < -0.39 is 11.9 Å². The predicted octanol–water partition coefficient (Wildman–Crippen LogP) is 5.51. The summed E-state index contributed by atoms with van der Waals surface area (Å²) in [6.45, 7) is 3.78. The molecule has 0 spiro atoms. The van der Waals surface area contributed by atoms with Crippen LogP contribution in [0.3, 0.4) is 0 Å². The molecular formula is C21H18F3N3OS. The van der Waals surface area contributed by atoms with Crippen molar-refractivity contribution in [3.8, 4) is 11.3 Å². The fraction of sp³-hybridized carbons (Fsp3) is 0.190. The second-order valence-corrected chi connectivity index (χ2v) is 7.43. The Hall–Kier alpha value is -2.87. The Balaban J connectivity index is 1.79. The summed E-state index contributed by atoms with van der Waals surface area (Å²) in [4.78, 5) is 20.0. The Labute approximate surface area is 170 Å². The summed E-state index contributed by atoms with van der Waals surface area (Å²) < 4.78 is 39.8. The number of hydrogen-bond acceptors (Lipinski definition) is 4. The topological polar surface area (TPSA) is 54.9 Å². The van der Waals surface area contributed by atoms with Crippen LogP contribution in [0.15, 0.2) is 59.8 Å². The van der Waals surface area contributed by atoms with Gasteiger partial charge in [0, 0.05) is 11.3 Å². The van der Waals surface area contributed by atoms with Crippen molar-refractivity contribution in [2.24, 2.45) is 0 Å². The molecule has 8 heteroatoms. The van der Waals surface area contributed by atoms with Crippen molar-refractivity contribution in [3.05, 3.63) is 71.4 Å². The highest BCUT2D eigenvalue weighted by Gasteiger charge is 2.34. The Morgan fingerprint density at radius 1 is 1.00 bits per heavy atom. The fourth-order valence-electron chi connectivity index (χ4n) is 2.56. The second-order valence-electron chi connectivity index (χ2n) is 6.49. The van der Waals surface area contributed by atoms with Crippen LogP contribution >= 0.6 is 11.8 Å². The minimum Gasteiger partial charge on any atom is -0.325 e. The van der Waals surface area contributed by atoms with Gasteiger partial charge in [-0.15, -0.1) is 0 Å². The summed E-state index contributed by atoms with van der Waals surface area (Å²) in [5, 5.41) is 2.61. The number of halogens is 3. The van der Waals surface area contributed by atoms with Gasteiger partial charge in [-0.1, -0.05) is 53.7 Å². The largest absolute Gasteiger partial charge is 0.433 e. The molecule has 3 aromatic rings. The summed E-state index contributed by atoms with van der Waals surface area (Å²) >= 11 is 0.860. The van der Waals surface area contributed by atoms with Gasteiger partial charge in [-0.3, -0.25) is 4.79 Å². The number of anilines is 1. The molecule has 29 heavy (non-hydrogen) atoms. The monoisotopic (exact) mass is 417 g/mol. The summed E-state index contributed by atoms with van der Waals surface area (Å²) in [5.41, 5.74) is 2.27. The van der Waals surface area contributed by atoms with Crippen molar-refractivity contribution in [2.45, 2.75) is 25.2 Å². The Bertz CT molecular complexity index is 1020. The van der Waals surface area contributed by atoms with E-state index in [-0.39, 0.29) is 22.5 Å². The summed E-state index contributed by atoms with van der Waals surface area (Å²) in [5.74, 6) is -0.457. The first-order valence-electron chi connectivity index (χ1n) is 8.73. The lowest BCUT2D eigenvalue weighted by molar-refractivity contribution is -0.141. The van der Waals surface area contributed by atoms with Crippen LogP contribution in [-0.4, -0.2) is 21.6 Å². The Morgan fingerprint density at radius 3 is 2.38 bits per heavy atom. The molecule has 150 valence electrons. The molecule has 3 rings (SSSR count). The Morgan fingerprint density at radius 2 is 1.72 bits per heavy atom. The van der Waals surface area contributed by atoms with Gasteiger partial charge in [-0.2, -0.15) is 13.2 Å². The number of carbonyl (C=O) groups excluding carboxylic acids is 1. The minimum absolute atomic E-state index is 0.102. The van der Waals surface area contributed by atoms with Gasteiger partial charge in [0.15, 0.2) is 5.16 Å². The zero-order chi connectivity index (χ0) is 21.0. The number of nitrogens with zero attached hydrogens (tertiary/aromatic N) is 2. The summed E-state index contributed by atoms with van der Waals surface area (Å²) in [6, 6.07) is 15.2. The van der Waals surface area contributed by atoms with Gasteiger partial charge in [0.1, 0.15) is 5.69 Å². The lowest BCUT2D eigenvalue weighted by atomic mass is 10.1. The van der Waals surface area contributed by atoms with Crippen molar-refractivity contribution in [3.63, 3.8) is 0 Å². The number of benzene rings is 2. The lowest BCUT2D eigenvalue weighted by Gasteiger charge is -2.11. The molecule has 0 aliphatic carbocycles. The molecule has 0 saturated heterocycles. The Kier molecular flexibility index (Phi) is 6.22. The molecule has 0 unspecified atom stereocenters. The maximum absolute atomic E-state index is 13.3. The third-order valence-corrected chi connectivity index (χ3v) is 4.82. The van der Waals surface area contributed by atoms with Gasteiger partial charge >= 0.3 is 6.18 Å². The van der Waals surface area contributed by atoms with Gasteiger partial charge < -0.3 is 5.32 Å². The highest BCUT2D eigenvalue weighted by molar-refractivity contribution is 7.99. The van der Waals surface area contributed by atoms with E-state index in [0.29, 0.717) is 11.3 Å². The predicted molar refractivity (Wildman–Crippen MR) is 108 cm³/mol. The van der Waals surface area contributed by atoms with Gasteiger partial charge in [0.2, 0.25) is 5.91 Å². The minimum atomic E-state index is -4.61. The van der Waals surface area contributed by atoms with Gasteiger partial charge in [0.05, 0.1) is 11.4 Å². The van der Waals surface area contributed by atoms with Crippen molar-refractivity contribution in [1.29, 1.82) is 0 Å². The molecule has 1 N–H and O–H groups in total. The summed E-state index contributed by atoms with van der Waals surface area (Å²) in [7, 11) is 0. The first-order valence-corrected chi connectivity index (χ1v) is 9.72. The van der Waals surface area contributed by atoms with Gasteiger partial charge in [0.25, 0.3) is 0 Å². The van der Waals surface area contributed by atoms with E-state index in [1.165, 1.54) is 0 Å². The zero-order valence-electron chi connectivity index (χ0n) is 15.7. The SMILES string of the molecule is Cc1ccc(-c2cc(C(F)(F)F)nc(SCC(=O)Nc3cccc(C)c3)n2)cc1. The highest BCUT2D eigenvalue weighted by Crippen LogP contribution is 2.32. The molecule has 1 aromatic heterocycles. The summed E-state index contributed by atoms with van der Waals surface area (Å²) in [6.07, 6.45) is -4.61. The van der Waals surface area contributed by atoms with Crippen LogP contribution in [0.1, 0.15) is 16.8 Å². The number of alkyl halides is 3. The molecule has 0 bridgehead atoms. The van der Waals surface area contributed by atoms with Crippen LogP contribution in [0.5, 0.6) is 0 Å². The van der Waals surface area contributed by atoms with Crippen LogP contribution in [-0.2, 0) is 11.0 Å². The highest BCUT2D eigenvalue weighted by atomic mass is 32.2. The van der Waals surface area contributed by atoms with Crippen LogP contribution in [0, 0.1) is 13.8 Å². The van der Waals surface area contributed by atoms with E-state index in [1.54, 1.807) is 36.4 Å². The molecule has 2 aromatic carbocycles. The van der Waals surface area contributed by atoms with Crippen molar-refractivity contribution < 1.29 is 18.0 Å². The van der Waals surface area contributed by atoms with Crippen molar-refractivity contribution >= 4 is 23.4 Å². The molecule has 0 radical (unpaired) electrons. The number of rotatable bonds is 5. The third-order valence-electron chi connectivity index (χ3n) is 3.98. The van der Waals surface area contributed by atoms with Crippen LogP contribution < -0.4 is 5.32 Å². The van der Waals surface area contributed by atoms with Crippen LogP contribution in [0.25, 0.3) is 11.3 Å². The molecule has 0 aliphatic heterocycles. The molecule has 1 amide bonds. The molecular weight excluding hydrogens is 399 g/mol. The van der Waals surface area contributed by atoms with Gasteiger partial charge in [-0.05, 0) is 37.6 Å². The molecule has 1 heterocycles. The number of nitrogens with one attached hydrogen (secondary N) is 1.